The summed E-state index contributed by atoms with van der Waals surface area (Å²) in [6, 6.07) is 20.1. The van der Waals surface area contributed by atoms with E-state index in [-0.39, 0.29) is 5.28 Å². The third-order valence-corrected chi connectivity index (χ3v) is 10.1. The van der Waals surface area contributed by atoms with Gasteiger partial charge in [-0.05, 0) is 47.0 Å². The molecule has 1 fully saturated rings. The molecule has 2 aromatic carbocycles. The zero-order valence-corrected chi connectivity index (χ0v) is 31.0. The number of aromatic nitrogens is 12. The van der Waals surface area contributed by atoms with Crippen LogP contribution in [-0.2, 0) is 0 Å². The summed E-state index contributed by atoms with van der Waals surface area (Å²) in [5.41, 5.74) is 11.1. The molecular formula is C42H31ClN14. The second kappa shape index (κ2) is 14.7. The van der Waals surface area contributed by atoms with Crippen LogP contribution in [0, 0.1) is 0 Å². The molecule has 10 aromatic rings. The number of pyridine rings is 2. The van der Waals surface area contributed by atoms with E-state index in [2.05, 4.69) is 67.4 Å². The van der Waals surface area contributed by atoms with Gasteiger partial charge in [0, 0.05) is 132 Å². The topological polar surface area (TPSA) is 153 Å². The van der Waals surface area contributed by atoms with Gasteiger partial charge in [0.15, 0.2) is 11.3 Å². The van der Waals surface area contributed by atoms with E-state index < -0.39 is 0 Å². The molecule has 0 saturated carbocycles. The summed E-state index contributed by atoms with van der Waals surface area (Å²) < 4.78 is 3.57. The summed E-state index contributed by atoms with van der Waals surface area (Å²) in [5.74, 6) is 0.769. The smallest absolute Gasteiger partial charge is 0.225 e. The van der Waals surface area contributed by atoms with Crippen LogP contribution in [0.1, 0.15) is 0 Å². The van der Waals surface area contributed by atoms with Crippen molar-refractivity contribution >= 4 is 50.6 Å². The molecular weight excluding hydrogens is 736 g/mol. The lowest BCUT2D eigenvalue weighted by Gasteiger charge is -2.27. The van der Waals surface area contributed by atoms with Gasteiger partial charge in [0.25, 0.3) is 0 Å². The van der Waals surface area contributed by atoms with E-state index in [0.29, 0.717) is 0 Å². The first-order valence-electron chi connectivity index (χ1n) is 18.3. The zero-order chi connectivity index (χ0) is 38.1. The molecule has 1 aliphatic heterocycles. The molecule has 0 radical (unpaired) electrons. The van der Waals surface area contributed by atoms with Crippen molar-refractivity contribution in [1.29, 1.82) is 0 Å². The Bertz CT molecular complexity index is 3020. The van der Waals surface area contributed by atoms with Crippen LogP contribution in [0.4, 0.5) is 5.95 Å². The average molecular weight is 767 g/mol. The number of benzene rings is 2. The number of fused-ring (bicyclic) bond motifs is 4. The molecule has 11 rings (SSSR count). The lowest BCUT2D eigenvalue weighted by Crippen LogP contribution is -2.44. The zero-order valence-electron chi connectivity index (χ0n) is 30.2. The van der Waals surface area contributed by atoms with Crippen LogP contribution in [0.5, 0.6) is 0 Å². The van der Waals surface area contributed by atoms with Gasteiger partial charge in [0.2, 0.25) is 11.2 Å². The van der Waals surface area contributed by atoms with Gasteiger partial charge in [-0.1, -0.05) is 36.4 Å². The number of para-hydroxylation sites is 2. The number of rotatable bonds is 5. The van der Waals surface area contributed by atoms with Crippen LogP contribution < -0.4 is 10.2 Å². The van der Waals surface area contributed by atoms with Gasteiger partial charge in [-0.2, -0.15) is 10.2 Å². The minimum atomic E-state index is 0.216. The van der Waals surface area contributed by atoms with Crippen LogP contribution >= 0.6 is 11.6 Å². The lowest BCUT2D eigenvalue weighted by atomic mass is 10.0. The van der Waals surface area contributed by atoms with Crippen molar-refractivity contribution in [2.24, 2.45) is 0 Å². The summed E-state index contributed by atoms with van der Waals surface area (Å²) in [7, 11) is 0. The second-order valence-corrected chi connectivity index (χ2v) is 13.7. The normalized spacial score (nSPS) is 13.0. The predicted molar refractivity (Wildman–Crippen MR) is 220 cm³/mol. The van der Waals surface area contributed by atoms with Crippen LogP contribution in [0.2, 0.25) is 5.28 Å². The molecule has 276 valence electrons. The van der Waals surface area contributed by atoms with Gasteiger partial charge >= 0.3 is 0 Å². The number of halogens is 1. The van der Waals surface area contributed by atoms with E-state index in [9.17, 15) is 0 Å². The Hall–Kier alpha value is -7.29. The van der Waals surface area contributed by atoms with Crippen molar-refractivity contribution in [3.05, 3.63) is 140 Å². The van der Waals surface area contributed by atoms with Gasteiger partial charge in [-0.3, -0.25) is 9.97 Å². The highest BCUT2D eigenvalue weighted by molar-refractivity contribution is 6.28. The van der Waals surface area contributed by atoms with Gasteiger partial charge in [0.05, 0.1) is 23.4 Å². The molecule has 57 heavy (non-hydrogen) atoms. The van der Waals surface area contributed by atoms with Crippen LogP contribution in [0.25, 0.3) is 77.6 Å². The molecule has 1 N–H and O–H groups in total. The van der Waals surface area contributed by atoms with Crippen LogP contribution in [0.3, 0.4) is 0 Å². The largest absolute Gasteiger partial charge is 0.338 e. The average Bonchev–Trinajstić information content (AvgIpc) is 3.91. The summed E-state index contributed by atoms with van der Waals surface area (Å²) in [6.45, 7) is 3.76. The summed E-state index contributed by atoms with van der Waals surface area (Å²) >= 11 is 5.75. The number of hydrogen-bond acceptors (Lipinski definition) is 12. The second-order valence-electron chi connectivity index (χ2n) is 13.3. The van der Waals surface area contributed by atoms with Gasteiger partial charge in [0.1, 0.15) is 0 Å². The third kappa shape index (κ3) is 6.62. The fourth-order valence-electron chi connectivity index (χ4n) is 7.05. The maximum absolute atomic E-state index is 5.75. The Morgan fingerprint density at radius 1 is 0.474 bits per heavy atom. The highest BCUT2D eigenvalue weighted by Gasteiger charge is 2.16. The molecule has 8 aromatic heterocycles. The highest BCUT2D eigenvalue weighted by atomic mass is 35.5. The Kier molecular flexibility index (Phi) is 8.85. The lowest BCUT2D eigenvalue weighted by molar-refractivity contribution is 0.580. The minimum absolute atomic E-state index is 0.216. The molecule has 1 aliphatic rings. The molecule has 0 amide bonds. The van der Waals surface area contributed by atoms with E-state index in [4.69, 9.17) is 16.6 Å². The van der Waals surface area contributed by atoms with E-state index in [1.54, 1.807) is 29.3 Å². The standard InChI is InChI=1S/C23H20N8.C19H11ClN6/c1-2-4-21-19(3-1)18(5-6-25-21)20-14-29-31-15-17(13-26-22(20)31)16-11-27-23(28-12-16)30-9-7-24-8-10-30;20-19-23-7-12(8-24-19)13-9-22-18-16(10-25-26(18)11-13)14-5-6-21-17-4-2-1-3-15(14)17/h1-6,11-15,24H,7-10H2;1-11H. The van der Waals surface area contributed by atoms with Crippen molar-refractivity contribution in [2.45, 2.75) is 0 Å². The van der Waals surface area contributed by atoms with E-state index in [1.807, 2.05) is 103 Å². The molecule has 0 bridgehead atoms. The Labute approximate surface area is 330 Å². The number of hydrogen-bond donors (Lipinski definition) is 1. The first kappa shape index (κ1) is 34.2. The first-order valence-corrected chi connectivity index (χ1v) is 18.7. The Balaban J connectivity index is 0.000000141. The summed E-state index contributed by atoms with van der Waals surface area (Å²) in [5, 5.41) is 14.7. The quantitative estimate of drug-likeness (QED) is 0.182. The first-order chi connectivity index (χ1) is 28.2. The molecule has 14 nitrogen and oxygen atoms in total. The fraction of sp³-hybridized carbons (Fsp3) is 0.0952. The van der Waals surface area contributed by atoms with Crippen molar-refractivity contribution in [3.8, 4) is 44.5 Å². The van der Waals surface area contributed by atoms with E-state index in [0.717, 1.165) is 110 Å². The molecule has 15 heteroatoms. The number of nitrogens with zero attached hydrogens (tertiary/aromatic N) is 13. The summed E-state index contributed by atoms with van der Waals surface area (Å²) in [6.07, 6.45) is 21.9. The number of piperazine rings is 1. The minimum Gasteiger partial charge on any atom is -0.338 e. The van der Waals surface area contributed by atoms with E-state index >= 15 is 0 Å². The van der Waals surface area contributed by atoms with Crippen molar-refractivity contribution in [1.82, 2.24) is 64.4 Å². The maximum Gasteiger partial charge on any atom is 0.225 e. The van der Waals surface area contributed by atoms with Crippen molar-refractivity contribution < 1.29 is 0 Å². The third-order valence-electron chi connectivity index (χ3n) is 9.92. The van der Waals surface area contributed by atoms with Crippen LogP contribution in [0.15, 0.2) is 135 Å². The molecule has 0 aliphatic carbocycles. The highest BCUT2D eigenvalue weighted by Crippen LogP contribution is 2.32. The van der Waals surface area contributed by atoms with Gasteiger partial charge in [-0.15, -0.1) is 0 Å². The molecule has 0 spiro atoms. The number of anilines is 1. The molecule has 1 saturated heterocycles. The van der Waals surface area contributed by atoms with E-state index in [1.165, 1.54) is 0 Å². The maximum atomic E-state index is 5.75. The molecule has 9 heterocycles. The summed E-state index contributed by atoms with van der Waals surface area (Å²) in [4.78, 5) is 37.6. The monoisotopic (exact) mass is 766 g/mol. The Morgan fingerprint density at radius 2 is 0.947 bits per heavy atom. The van der Waals surface area contributed by atoms with Gasteiger partial charge in [-0.25, -0.2) is 38.9 Å². The van der Waals surface area contributed by atoms with Crippen LogP contribution in [-0.4, -0.2) is 85.3 Å². The van der Waals surface area contributed by atoms with Crippen molar-refractivity contribution in [2.75, 3.05) is 31.1 Å². The predicted octanol–water partition coefficient (Wildman–Crippen LogP) is 6.87. The van der Waals surface area contributed by atoms with Crippen molar-refractivity contribution in [3.63, 3.8) is 0 Å². The van der Waals surface area contributed by atoms with Gasteiger partial charge < -0.3 is 10.2 Å². The molecule has 0 unspecified atom stereocenters. The Morgan fingerprint density at radius 3 is 1.47 bits per heavy atom. The SMILES string of the molecule is Clc1ncc(-c2cnc3c(-c4ccnc5ccccc45)cnn3c2)cn1.c1ccc2c(-c3cnn4cc(-c5cnc(N6CCNCC6)nc5)cnc34)ccnc2c1. The number of nitrogens with one attached hydrogen (secondary N) is 1. The fourth-order valence-corrected chi connectivity index (χ4v) is 7.15. The molecule has 0 atom stereocenters.